The molecule has 0 aliphatic carbocycles. The number of phosphoric ester groups is 2. The molecular weight excluding hydrogens is 1160 g/mol. The van der Waals surface area contributed by atoms with Gasteiger partial charge in [0.1, 0.15) is 19.3 Å². The Balaban J connectivity index is 5.25. The average molecular weight is 1300 g/mol. The Morgan fingerprint density at radius 1 is 0.318 bits per heavy atom. The molecule has 0 aliphatic heterocycles. The number of carbonyl (C=O) groups is 4. The highest BCUT2D eigenvalue weighted by Crippen LogP contribution is 2.45. The van der Waals surface area contributed by atoms with Crippen molar-refractivity contribution in [1.29, 1.82) is 0 Å². The van der Waals surface area contributed by atoms with Crippen molar-refractivity contribution in [2.24, 2.45) is 23.7 Å². The van der Waals surface area contributed by atoms with Gasteiger partial charge in [-0.1, -0.05) is 287 Å². The highest BCUT2D eigenvalue weighted by Gasteiger charge is 2.30. The molecule has 522 valence electrons. The van der Waals surface area contributed by atoms with Crippen molar-refractivity contribution in [3.05, 3.63) is 0 Å². The first kappa shape index (κ1) is 86.1. The maximum atomic E-state index is 13.0. The first-order valence-corrected chi connectivity index (χ1v) is 38.7. The lowest BCUT2D eigenvalue weighted by molar-refractivity contribution is -0.161. The predicted molar refractivity (Wildman–Crippen MR) is 354 cm³/mol. The number of unbranched alkanes of at least 4 members (excludes halogenated alkanes) is 31. The molecule has 6 atom stereocenters. The highest BCUT2D eigenvalue weighted by molar-refractivity contribution is 7.47. The zero-order valence-electron chi connectivity index (χ0n) is 57.3. The van der Waals surface area contributed by atoms with Crippen LogP contribution in [-0.4, -0.2) is 96.7 Å². The zero-order chi connectivity index (χ0) is 65.4. The van der Waals surface area contributed by atoms with E-state index in [-0.39, 0.29) is 25.7 Å². The molecule has 0 radical (unpaired) electrons. The molecule has 0 saturated heterocycles. The van der Waals surface area contributed by atoms with E-state index in [4.69, 9.17) is 37.0 Å². The largest absolute Gasteiger partial charge is 0.472 e. The van der Waals surface area contributed by atoms with E-state index in [2.05, 4.69) is 55.4 Å². The van der Waals surface area contributed by atoms with Crippen molar-refractivity contribution in [2.45, 2.75) is 356 Å². The number of phosphoric acid groups is 2. The lowest BCUT2D eigenvalue weighted by atomic mass is 9.99. The van der Waals surface area contributed by atoms with Gasteiger partial charge in [0.25, 0.3) is 0 Å². The fourth-order valence-corrected chi connectivity index (χ4v) is 11.9. The molecule has 0 bridgehead atoms. The van der Waals surface area contributed by atoms with Crippen LogP contribution in [0.2, 0.25) is 0 Å². The van der Waals surface area contributed by atoms with Crippen LogP contribution in [0.5, 0.6) is 0 Å². The second-order valence-electron chi connectivity index (χ2n) is 26.6. The summed E-state index contributed by atoms with van der Waals surface area (Å²) in [4.78, 5) is 72.5. The van der Waals surface area contributed by atoms with Crippen LogP contribution in [0.4, 0.5) is 0 Å². The van der Waals surface area contributed by atoms with Crippen molar-refractivity contribution in [1.82, 2.24) is 0 Å². The molecule has 19 heteroatoms. The van der Waals surface area contributed by atoms with Crippen molar-refractivity contribution < 1.29 is 80.2 Å². The number of carbonyl (C=O) groups excluding carboxylic acids is 4. The van der Waals surface area contributed by atoms with E-state index >= 15 is 0 Å². The Bertz CT molecular complexity index is 1750. The molecule has 0 amide bonds. The number of rotatable bonds is 66. The van der Waals surface area contributed by atoms with Crippen LogP contribution >= 0.6 is 15.6 Å². The Labute approximate surface area is 537 Å². The summed E-state index contributed by atoms with van der Waals surface area (Å²) in [6, 6.07) is 0. The van der Waals surface area contributed by atoms with E-state index < -0.39 is 97.5 Å². The first-order chi connectivity index (χ1) is 42.1. The van der Waals surface area contributed by atoms with Crippen molar-refractivity contribution >= 4 is 39.5 Å². The molecule has 3 unspecified atom stereocenters. The minimum Gasteiger partial charge on any atom is -0.462 e. The van der Waals surface area contributed by atoms with Crippen LogP contribution in [0.1, 0.15) is 338 Å². The Morgan fingerprint density at radius 2 is 0.545 bits per heavy atom. The molecule has 0 saturated carbocycles. The molecular formula is C69H134O17P2. The SMILES string of the molecule is CCC(C)CCCCCCCCCCCCC(=O)O[C@H](COC(=O)CCCCCCCCCCC(C)C)COP(=O)(O)OC[C@@H](O)COP(=O)(O)OC[C@@H](COC(=O)CCCCCCCCC(C)C)OC(=O)CCCCCCCCCCCCCC(C)C. The molecule has 0 aliphatic rings. The quantitative estimate of drug-likeness (QED) is 0.0222. The van der Waals surface area contributed by atoms with Gasteiger partial charge < -0.3 is 33.8 Å². The van der Waals surface area contributed by atoms with Crippen LogP contribution in [0, 0.1) is 23.7 Å². The summed E-state index contributed by atoms with van der Waals surface area (Å²) in [5, 5.41) is 10.6. The molecule has 0 aromatic rings. The van der Waals surface area contributed by atoms with Gasteiger partial charge in [0, 0.05) is 25.7 Å². The number of aliphatic hydroxyl groups is 1. The second-order valence-corrected chi connectivity index (χ2v) is 29.5. The summed E-state index contributed by atoms with van der Waals surface area (Å²) < 4.78 is 68.2. The molecule has 0 rings (SSSR count). The van der Waals surface area contributed by atoms with E-state index in [0.717, 1.165) is 114 Å². The number of ether oxygens (including phenoxy) is 4. The monoisotopic (exact) mass is 1300 g/mol. The minimum atomic E-state index is -4.95. The van der Waals surface area contributed by atoms with Gasteiger partial charge in [0.15, 0.2) is 12.2 Å². The third kappa shape index (κ3) is 61.6. The Hall–Kier alpha value is -1.94. The van der Waals surface area contributed by atoms with Crippen molar-refractivity contribution in [2.75, 3.05) is 39.6 Å². The standard InChI is InChI=1S/C69H134O17P2/c1-9-62(8)48-40-32-23-16-13-14-18-26-36-44-52-69(74)85-64(55-79-66(71)49-41-33-24-20-19-22-30-38-46-60(4)5)57-83-87(75,76)81-53-63(70)54-82-88(77,78)84-58-65(56-80-67(72)50-42-34-28-27-31-39-47-61(6)7)86-68(73)51-43-35-25-17-12-10-11-15-21-29-37-45-59(2)3/h59-65,70H,9-58H2,1-8H3,(H,75,76)(H,77,78)/t62?,63-,64-,65-/m1/s1. The maximum absolute atomic E-state index is 13.0. The van der Waals surface area contributed by atoms with Crippen LogP contribution in [0.3, 0.4) is 0 Å². The first-order valence-electron chi connectivity index (χ1n) is 35.7. The summed E-state index contributed by atoms with van der Waals surface area (Å²) in [7, 11) is -9.90. The lowest BCUT2D eigenvalue weighted by Crippen LogP contribution is -2.30. The molecule has 3 N–H and O–H groups in total. The summed E-state index contributed by atoms with van der Waals surface area (Å²) in [6.45, 7) is 14.0. The molecule has 0 aromatic carbocycles. The van der Waals surface area contributed by atoms with E-state index in [0.29, 0.717) is 31.6 Å². The molecule has 0 spiro atoms. The van der Waals surface area contributed by atoms with Crippen LogP contribution in [-0.2, 0) is 65.4 Å². The predicted octanol–water partition coefficient (Wildman–Crippen LogP) is 19.3. The van der Waals surface area contributed by atoms with E-state index in [1.54, 1.807) is 0 Å². The molecule has 0 aromatic heterocycles. The van der Waals surface area contributed by atoms with E-state index in [1.165, 1.54) is 135 Å². The topological polar surface area (TPSA) is 237 Å². The Morgan fingerprint density at radius 3 is 0.807 bits per heavy atom. The number of hydrogen-bond donors (Lipinski definition) is 3. The normalized spacial score (nSPS) is 14.6. The minimum absolute atomic E-state index is 0.105. The van der Waals surface area contributed by atoms with Crippen molar-refractivity contribution in [3.63, 3.8) is 0 Å². The fourth-order valence-electron chi connectivity index (χ4n) is 10.3. The van der Waals surface area contributed by atoms with E-state index in [9.17, 15) is 43.2 Å². The van der Waals surface area contributed by atoms with Crippen LogP contribution in [0.15, 0.2) is 0 Å². The molecule has 0 heterocycles. The van der Waals surface area contributed by atoms with Crippen molar-refractivity contribution in [3.8, 4) is 0 Å². The van der Waals surface area contributed by atoms with Gasteiger partial charge in [0.2, 0.25) is 0 Å². The highest BCUT2D eigenvalue weighted by atomic mass is 31.2. The van der Waals surface area contributed by atoms with Crippen LogP contribution < -0.4 is 0 Å². The van der Waals surface area contributed by atoms with E-state index in [1.807, 2.05) is 0 Å². The number of esters is 4. The summed E-state index contributed by atoms with van der Waals surface area (Å²) >= 11 is 0. The Kier molecular flexibility index (Phi) is 57.6. The van der Waals surface area contributed by atoms with Crippen LogP contribution in [0.25, 0.3) is 0 Å². The van der Waals surface area contributed by atoms with Gasteiger partial charge in [-0.25, -0.2) is 9.13 Å². The third-order valence-electron chi connectivity index (χ3n) is 16.2. The average Bonchev–Trinajstić information content (AvgIpc) is 3.59. The van der Waals surface area contributed by atoms with Gasteiger partial charge in [-0.15, -0.1) is 0 Å². The molecule has 17 nitrogen and oxygen atoms in total. The number of hydrogen-bond acceptors (Lipinski definition) is 15. The smallest absolute Gasteiger partial charge is 0.462 e. The maximum Gasteiger partial charge on any atom is 0.472 e. The zero-order valence-corrected chi connectivity index (χ0v) is 59.1. The van der Waals surface area contributed by atoms with Gasteiger partial charge in [0.05, 0.1) is 26.4 Å². The molecule has 88 heavy (non-hydrogen) atoms. The molecule has 0 fully saturated rings. The summed E-state index contributed by atoms with van der Waals surface area (Å²) in [5.41, 5.74) is 0. The van der Waals surface area contributed by atoms with Gasteiger partial charge in [-0.2, -0.15) is 0 Å². The summed E-state index contributed by atoms with van der Waals surface area (Å²) in [5.74, 6) is 0.841. The third-order valence-corrected chi connectivity index (χ3v) is 18.1. The fraction of sp³-hybridized carbons (Fsp3) is 0.942. The summed E-state index contributed by atoms with van der Waals surface area (Å²) in [6.07, 6.45) is 40.4. The number of aliphatic hydroxyl groups excluding tert-OH is 1. The van der Waals surface area contributed by atoms with Gasteiger partial charge in [-0.3, -0.25) is 37.3 Å². The van der Waals surface area contributed by atoms with Gasteiger partial charge >= 0.3 is 39.5 Å². The second kappa shape index (κ2) is 58.8. The van der Waals surface area contributed by atoms with Gasteiger partial charge in [-0.05, 0) is 49.4 Å². The lowest BCUT2D eigenvalue weighted by Gasteiger charge is -2.21.